The molecule has 2 aromatic carbocycles. The van der Waals surface area contributed by atoms with Crippen molar-refractivity contribution in [3.8, 4) is 11.5 Å². The average Bonchev–Trinajstić information content (AvgIpc) is 3.61. The number of aryl methyl sites for hydroxylation is 1. The lowest BCUT2D eigenvalue weighted by molar-refractivity contribution is -0.130. The summed E-state index contributed by atoms with van der Waals surface area (Å²) in [5.74, 6) is 1.52. The van der Waals surface area contributed by atoms with Crippen molar-refractivity contribution in [3.63, 3.8) is 0 Å². The summed E-state index contributed by atoms with van der Waals surface area (Å²) in [5, 5.41) is 9.60. The highest BCUT2D eigenvalue weighted by Crippen LogP contribution is 2.42. The Labute approximate surface area is 206 Å². The lowest BCUT2D eigenvalue weighted by Crippen LogP contribution is -2.28. The highest BCUT2D eigenvalue weighted by atomic mass is 32.2. The molecule has 0 bridgehead atoms. The lowest BCUT2D eigenvalue weighted by Gasteiger charge is -2.24. The monoisotopic (exact) mass is 491 g/mol. The molecule has 0 fully saturated rings. The van der Waals surface area contributed by atoms with Gasteiger partial charge in [-0.05, 0) is 23.6 Å². The first kappa shape index (κ1) is 22.6. The van der Waals surface area contributed by atoms with Crippen LogP contribution < -0.4 is 9.47 Å². The second-order valence-corrected chi connectivity index (χ2v) is 9.94. The molecular formula is C26H25N3O3S2. The quantitative estimate of drug-likeness (QED) is 0.310. The van der Waals surface area contributed by atoms with Crippen molar-refractivity contribution in [2.24, 2.45) is 12.1 Å². The summed E-state index contributed by atoms with van der Waals surface area (Å²) in [4.78, 5) is 15.7. The van der Waals surface area contributed by atoms with Crippen LogP contribution >= 0.6 is 23.1 Å². The van der Waals surface area contributed by atoms with Crippen LogP contribution in [-0.2, 0) is 11.8 Å². The van der Waals surface area contributed by atoms with E-state index in [2.05, 4.69) is 22.9 Å². The number of methoxy groups -OCH3 is 2. The minimum Gasteiger partial charge on any atom is -0.493 e. The van der Waals surface area contributed by atoms with E-state index in [0.717, 1.165) is 32.0 Å². The van der Waals surface area contributed by atoms with Crippen LogP contribution in [0.2, 0.25) is 0 Å². The predicted octanol–water partition coefficient (Wildman–Crippen LogP) is 5.73. The fourth-order valence-electron chi connectivity index (χ4n) is 4.37. The highest BCUT2D eigenvalue weighted by Gasteiger charge is 2.35. The standard InChI is InChI=1S/C26H25N3O3S2/c1-28-15-24(17-8-4-5-10-20(17)28)34-16-25(30)29-21(14-19(27-29)23-12-7-13-33-23)18-9-6-11-22(31-2)26(18)32-3/h4-13,15,21H,14,16H2,1-3H3/t21-/m0/s1. The number of benzene rings is 2. The number of aromatic nitrogens is 1. The van der Waals surface area contributed by atoms with Gasteiger partial charge >= 0.3 is 0 Å². The van der Waals surface area contributed by atoms with E-state index in [9.17, 15) is 4.79 Å². The maximum absolute atomic E-state index is 13.5. The molecule has 3 heterocycles. The van der Waals surface area contributed by atoms with Gasteiger partial charge < -0.3 is 14.0 Å². The van der Waals surface area contributed by atoms with E-state index in [4.69, 9.17) is 14.6 Å². The third kappa shape index (κ3) is 4.08. The van der Waals surface area contributed by atoms with Crippen molar-refractivity contribution in [1.82, 2.24) is 9.58 Å². The van der Waals surface area contributed by atoms with E-state index in [1.807, 2.05) is 54.9 Å². The van der Waals surface area contributed by atoms with Crippen LogP contribution in [0, 0.1) is 0 Å². The third-order valence-corrected chi connectivity index (χ3v) is 7.92. The molecule has 4 aromatic rings. The smallest absolute Gasteiger partial charge is 0.253 e. The van der Waals surface area contributed by atoms with Crippen molar-refractivity contribution in [2.45, 2.75) is 17.4 Å². The largest absolute Gasteiger partial charge is 0.493 e. The Morgan fingerprint density at radius 1 is 1.12 bits per heavy atom. The summed E-state index contributed by atoms with van der Waals surface area (Å²) in [5.41, 5.74) is 2.95. The molecule has 8 heteroatoms. The summed E-state index contributed by atoms with van der Waals surface area (Å²) in [7, 11) is 5.27. The molecule has 34 heavy (non-hydrogen) atoms. The molecule has 1 aliphatic rings. The van der Waals surface area contributed by atoms with Gasteiger partial charge in [-0.3, -0.25) is 4.79 Å². The SMILES string of the molecule is COc1cccc([C@@H]2CC(c3cccs3)=NN2C(=O)CSc2cn(C)c3ccccc23)c1OC. The van der Waals surface area contributed by atoms with Gasteiger partial charge in [0.25, 0.3) is 5.91 Å². The average molecular weight is 492 g/mol. The summed E-state index contributed by atoms with van der Waals surface area (Å²) in [6.07, 6.45) is 2.70. The Kier molecular flexibility index (Phi) is 6.34. The molecule has 174 valence electrons. The normalized spacial score (nSPS) is 15.6. The first-order valence-electron chi connectivity index (χ1n) is 10.9. The van der Waals surface area contributed by atoms with Crippen molar-refractivity contribution < 1.29 is 14.3 Å². The molecular weight excluding hydrogens is 466 g/mol. The van der Waals surface area contributed by atoms with Crippen molar-refractivity contribution in [2.75, 3.05) is 20.0 Å². The molecule has 1 aliphatic heterocycles. The van der Waals surface area contributed by atoms with Gasteiger partial charge in [-0.2, -0.15) is 5.10 Å². The first-order chi connectivity index (χ1) is 16.6. The number of hydrogen-bond acceptors (Lipinski definition) is 6. The van der Waals surface area contributed by atoms with Gasteiger partial charge in [0, 0.05) is 41.0 Å². The van der Waals surface area contributed by atoms with E-state index in [-0.39, 0.29) is 17.7 Å². The number of carbonyl (C=O) groups is 1. The number of amides is 1. The van der Waals surface area contributed by atoms with Gasteiger partial charge in [-0.15, -0.1) is 23.1 Å². The lowest BCUT2D eigenvalue weighted by atomic mass is 9.99. The Bertz CT molecular complexity index is 1360. The Morgan fingerprint density at radius 2 is 1.97 bits per heavy atom. The van der Waals surface area contributed by atoms with Crippen molar-refractivity contribution in [1.29, 1.82) is 0 Å². The van der Waals surface area contributed by atoms with Gasteiger partial charge in [-0.25, -0.2) is 5.01 Å². The maximum Gasteiger partial charge on any atom is 0.253 e. The molecule has 2 aromatic heterocycles. The first-order valence-corrected chi connectivity index (χ1v) is 12.8. The fourth-order valence-corrected chi connectivity index (χ4v) is 6.07. The number of hydrogen-bond donors (Lipinski definition) is 0. The molecule has 0 saturated heterocycles. The van der Waals surface area contributed by atoms with Crippen LogP contribution in [0.4, 0.5) is 0 Å². The van der Waals surface area contributed by atoms with Crippen LogP contribution in [-0.4, -0.2) is 41.2 Å². The van der Waals surface area contributed by atoms with Gasteiger partial charge in [0.1, 0.15) is 0 Å². The van der Waals surface area contributed by atoms with Crippen LogP contribution in [0.3, 0.4) is 0 Å². The van der Waals surface area contributed by atoms with Crippen molar-refractivity contribution in [3.05, 3.63) is 76.6 Å². The number of fused-ring (bicyclic) bond motifs is 1. The maximum atomic E-state index is 13.5. The second kappa shape index (κ2) is 9.56. The molecule has 0 unspecified atom stereocenters. The summed E-state index contributed by atoms with van der Waals surface area (Å²) < 4.78 is 13.3. The molecule has 0 N–H and O–H groups in total. The predicted molar refractivity (Wildman–Crippen MR) is 138 cm³/mol. The van der Waals surface area contributed by atoms with Gasteiger partial charge in [-0.1, -0.05) is 36.4 Å². The van der Waals surface area contributed by atoms with Crippen molar-refractivity contribution >= 4 is 45.6 Å². The van der Waals surface area contributed by atoms with E-state index in [1.165, 1.54) is 0 Å². The van der Waals surface area contributed by atoms with Crippen LogP contribution in [0.25, 0.3) is 10.9 Å². The van der Waals surface area contributed by atoms with Gasteiger partial charge in [0.15, 0.2) is 11.5 Å². The van der Waals surface area contributed by atoms with E-state index in [0.29, 0.717) is 17.9 Å². The minimum atomic E-state index is -0.261. The number of hydrazone groups is 1. The second-order valence-electron chi connectivity index (χ2n) is 7.98. The third-order valence-electron chi connectivity index (χ3n) is 5.98. The fraction of sp³-hybridized carbons (Fsp3) is 0.231. The van der Waals surface area contributed by atoms with E-state index < -0.39 is 0 Å². The highest BCUT2D eigenvalue weighted by molar-refractivity contribution is 8.00. The number of nitrogens with zero attached hydrogens (tertiary/aromatic N) is 3. The number of thiophene rings is 1. The zero-order chi connectivity index (χ0) is 23.7. The summed E-state index contributed by atoms with van der Waals surface area (Å²) in [6.45, 7) is 0. The molecule has 0 aliphatic carbocycles. The van der Waals surface area contributed by atoms with Crippen LogP contribution in [0.15, 0.2) is 76.2 Å². The topological polar surface area (TPSA) is 56.1 Å². The van der Waals surface area contributed by atoms with E-state index >= 15 is 0 Å². The molecule has 1 amide bonds. The summed E-state index contributed by atoms with van der Waals surface area (Å²) in [6, 6.07) is 17.8. The summed E-state index contributed by atoms with van der Waals surface area (Å²) >= 11 is 3.18. The molecule has 0 saturated carbocycles. The molecule has 1 atom stereocenters. The zero-order valence-electron chi connectivity index (χ0n) is 19.2. The molecule has 6 nitrogen and oxygen atoms in total. The van der Waals surface area contributed by atoms with Crippen LogP contribution in [0.5, 0.6) is 11.5 Å². The molecule has 5 rings (SSSR count). The number of carbonyl (C=O) groups excluding carboxylic acids is 1. The minimum absolute atomic E-state index is 0.0423. The Hall–Kier alpha value is -3.23. The number of ether oxygens (including phenoxy) is 2. The van der Waals surface area contributed by atoms with Gasteiger partial charge in [0.05, 0.1) is 36.6 Å². The van der Waals surface area contributed by atoms with Crippen LogP contribution in [0.1, 0.15) is 22.9 Å². The zero-order valence-corrected chi connectivity index (χ0v) is 20.9. The Balaban J connectivity index is 1.45. The number of thioether (sulfide) groups is 1. The number of rotatable bonds is 7. The van der Waals surface area contributed by atoms with Gasteiger partial charge in [0.2, 0.25) is 0 Å². The Morgan fingerprint density at radius 3 is 2.74 bits per heavy atom. The number of para-hydroxylation sites is 2. The molecule has 0 radical (unpaired) electrons. The molecule has 0 spiro atoms. The van der Waals surface area contributed by atoms with E-state index in [1.54, 1.807) is 42.3 Å².